The van der Waals surface area contributed by atoms with Crippen LogP contribution in [0, 0.1) is 0 Å². The van der Waals surface area contributed by atoms with E-state index in [1.54, 1.807) is 4.90 Å². The minimum absolute atomic E-state index is 0.0353. The van der Waals surface area contributed by atoms with Gasteiger partial charge in [-0.1, -0.05) is 35.9 Å². The number of amides is 1. The molecule has 2 aliphatic heterocycles. The van der Waals surface area contributed by atoms with E-state index in [-0.39, 0.29) is 34.0 Å². The first kappa shape index (κ1) is 20.0. The van der Waals surface area contributed by atoms with Gasteiger partial charge in [-0.15, -0.1) is 0 Å². The van der Waals surface area contributed by atoms with Crippen LogP contribution in [0.15, 0.2) is 36.4 Å². The lowest BCUT2D eigenvalue weighted by Crippen LogP contribution is -2.35. The maximum atomic E-state index is 13.1. The molecule has 2 fully saturated rings. The highest BCUT2D eigenvalue weighted by Gasteiger charge is 2.32. The Morgan fingerprint density at radius 3 is 2.52 bits per heavy atom. The van der Waals surface area contributed by atoms with E-state index in [1.165, 1.54) is 11.6 Å². The van der Waals surface area contributed by atoms with Gasteiger partial charge in [-0.2, -0.15) is 0 Å². The SMILES string of the molecule is O=C(c1cc(Cl)c(O)cc1O)N1CCC[C@@H]1c1ccc(CN2CCOCC2)cc1. The van der Waals surface area contributed by atoms with Gasteiger partial charge in [-0.25, -0.2) is 0 Å². The number of halogens is 1. The Bertz CT molecular complexity index is 881. The molecule has 0 spiro atoms. The summed E-state index contributed by atoms with van der Waals surface area (Å²) in [6.07, 6.45) is 1.78. The van der Waals surface area contributed by atoms with Crippen molar-refractivity contribution in [2.24, 2.45) is 0 Å². The molecule has 6 nitrogen and oxygen atoms in total. The van der Waals surface area contributed by atoms with Crippen molar-refractivity contribution >= 4 is 17.5 Å². The zero-order chi connectivity index (χ0) is 20.4. The molecule has 29 heavy (non-hydrogen) atoms. The maximum Gasteiger partial charge on any atom is 0.258 e. The van der Waals surface area contributed by atoms with Gasteiger partial charge in [0.25, 0.3) is 5.91 Å². The van der Waals surface area contributed by atoms with E-state index in [4.69, 9.17) is 16.3 Å². The van der Waals surface area contributed by atoms with Gasteiger partial charge in [0, 0.05) is 32.2 Å². The summed E-state index contributed by atoms with van der Waals surface area (Å²) in [6, 6.07) is 10.8. The lowest BCUT2D eigenvalue weighted by Gasteiger charge is -2.27. The fraction of sp³-hybridized carbons (Fsp3) is 0.409. The number of rotatable bonds is 4. The van der Waals surface area contributed by atoms with Gasteiger partial charge in [0.15, 0.2) is 0 Å². The number of ether oxygens (including phenoxy) is 1. The summed E-state index contributed by atoms with van der Waals surface area (Å²) in [4.78, 5) is 17.2. The van der Waals surface area contributed by atoms with Gasteiger partial charge in [-0.05, 0) is 30.0 Å². The van der Waals surface area contributed by atoms with E-state index in [9.17, 15) is 15.0 Å². The van der Waals surface area contributed by atoms with Crippen LogP contribution in [0.25, 0.3) is 0 Å². The summed E-state index contributed by atoms with van der Waals surface area (Å²) < 4.78 is 5.40. The molecule has 1 atom stereocenters. The number of likely N-dealkylation sites (tertiary alicyclic amines) is 1. The third kappa shape index (κ3) is 4.34. The van der Waals surface area contributed by atoms with E-state index < -0.39 is 0 Å². The number of hydrogen-bond acceptors (Lipinski definition) is 5. The molecule has 1 amide bonds. The zero-order valence-corrected chi connectivity index (χ0v) is 16.9. The molecule has 0 saturated carbocycles. The number of phenols is 2. The molecule has 0 bridgehead atoms. The summed E-state index contributed by atoms with van der Waals surface area (Å²) in [7, 11) is 0. The molecule has 2 aromatic rings. The molecule has 0 aromatic heterocycles. The van der Waals surface area contributed by atoms with E-state index in [1.807, 2.05) is 0 Å². The quantitative estimate of drug-likeness (QED) is 0.797. The van der Waals surface area contributed by atoms with E-state index in [0.29, 0.717) is 6.54 Å². The first-order valence-electron chi connectivity index (χ1n) is 9.94. The molecular weight excluding hydrogens is 392 g/mol. The predicted octanol–water partition coefficient (Wildman–Crippen LogP) is 3.56. The highest BCUT2D eigenvalue weighted by atomic mass is 35.5. The van der Waals surface area contributed by atoms with Crippen molar-refractivity contribution in [1.29, 1.82) is 0 Å². The molecule has 0 radical (unpaired) electrons. The van der Waals surface area contributed by atoms with Gasteiger partial charge in [0.05, 0.1) is 29.8 Å². The number of carbonyl (C=O) groups is 1. The fourth-order valence-electron chi connectivity index (χ4n) is 4.10. The van der Waals surface area contributed by atoms with Gasteiger partial charge in [0.1, 0.15) is 11.5 Å². The van der Waals surface area contributed by atoms with E-state index in [0.717, 1.165) is 57.3 Å². The molecule has 0 unspecified atom stereocenters. The molecule has 2 aliphatic rings. The molecule has 2 saturated heterocycles. The number of phenolic OH excluding ortho intramolecular Hbond substituents is 2. The van der Waals surface area contributed by atoms with Crippen molar-refractivity contribution in [3.05, 3.63) is 58.1 Å². The van der Waals surface area contributed by atoms with Crippen LogP contribution in [0.3, 0.4) is 0 Å². The van der Waals surface area contributed by atoms with Crippen molar-refractivity contribution in [3.8, 4) is 11.5 Å². The Hall–Kier alpha value is -2.28. The van der Waals surface area contributed by atoms with E-state index in [2.05, 4.69) is 29.2 Å². The van der Waals surface area contributed by atoms with Crippen molar-refractivity contribution in [1.82, 2.24) is 9.80 Å². The lowest BCUT2D eigenvalue weighted by molar-refractivity contribution is 0.0342. The van der Waals surface area contributed by atoms with Gasteiger partial charge >= 0.3 is 0 Å². The third-order valence-corrected chi connectivity index (χ3v) is 5.99. The largest absolute Gasteiger partial charge is 0.507 e. The maximum absolute atomic E-state index is 13.1. The summed E-state index contributed by atoms with van der Waals surface area (Å²) in [6.45, 7) is 4.99. The van der Waals surface area contributed by atoms with Crippen LogP contribution in [0.5, 0.6) is 11.5 Å². The van der Waals surface area contributed by atoms with Crippen molar-refractivity contribution < 1.29 is 19.7 Å². The standard InChI is InChI=1S/C22H25ClN2O4/c23-18-12-17(20(26)13-21(18)27)22(28)25-7-1-2-19(25)16-5-3-15(4-6-16)14-24-8-10-29-11-9-24/h3-6,12-13,19,26-27H,1-2,7-11,14H2/t19-/m1/s1. The van der Waals surface area contributed by atoms with Crippen LogP contribution >= 0.6 is 11.6 Å². The topological polar surface area (TPSA) is 73.2 Å². The predicted molar refractivity (Wildman–Crippen MR) is 110 cm³/mol. The Morgan fingerprint density at radius 2 is 1.79 bits per heavy atom. The molecule has 7 heteroatoms. The second-order valence-electron chi connectivity index (χ2n) is 7.61. The average Bonchev–Trinajstić information content (AvgIpc) is 3.21. The number of hydrogen-bond donors (Lipinski definition) is 2. The second-order valence-corrected chi connectivity index (χ2v) is 8.01. The van der Waals surface area contributed by atoms with Crippen LogP contribution in [-0.2, 0) is 11.3 Å². The van der Waals surface area contributed by atoms with Gasteiger partial charge in [-0.3, -0.25) is 9.69 Å². The Labute approximate surface area is 175 Å². The fourth-order valence-corrected chi connectivity index (χ4v) is 4.26. The number of morpholine rings is 1. The molecule has 0 aliphatic carbocycles. The third-order valence-electron chi connectivity index (χ3n) is 5.68. The lowest BCUT2D eigenvalue weighted by atomic mass is 10.0. The Morgan fingerprint density at radius 1 is 1.07 bits per heavy atom. The molecule has 2 N–H and O–H groups in total. The zero-order valence-electron chi connectivity index (χ0n) is 16.2. The van der Waals surface area contributed by atoms with Crippen LogP contribution in [0.4, 0.5) is 0 Å². The first-order chi connectivity index (χ1) is 14.0. The first-order valence-corrected chi connectivity index (χ1v) is 10.3. The van der Waals surface area contributed by atoms with Gasteiger partial charge in [0.2, 0.25) is 0 Å². The van der Waals surface area contributed by atoms with E-state index >= 15 is 0 Å². The number of nitrogens with zero attached hydrogens (tertiary/aromatic N) is 2. The average molecular weight is 417 g/mol. The molecule has 154 valence electrons. The molecule has 4 rings (SSSR count). The summed E-state index contributed by atoms with van der Waals surface area (Å²) in [5.41, 5.74) is 2.45. The van der Waals surface area contributed by atoms with Gasteiger partial charge < -0.3 is 19.8 Å². The number of aromatic hydroxyl groups is 2. The molecular formula is C22H25ClN2O4. The summed E-state index contributed by atoms with van der Waals surface area (Å²) in [5.74, 6) is -0.776. The molecule has 2 heterocycles. The summed E-state index contributed by atoms with van der Waals surface area (Å²) >= 11 is 5.94. The minimum atomic E-state index is -0.274. The van der Waals surface area contributed by atoms with Crippen molar-refractivity contribution in [3.63, 3.8) is 0 Å². The monoisotopic (exact) mass is 416 g/mol. The summed E-state index contributed by atoms with van der Waals surface area (Å²) in [5, 5.41) is 19.8. The van der Waals surface area contributed by atoms with Crippen LogP contribution in [0.2, 0.25) is 5.02 Å². The highest BCUT2D eigenvalue weighted by molar-refractivity contribution is 6.32. The number of carbonyl (C=O) groups excluding carboxylic acids is 1. The number of benzene rings is 2. The minimum Gasteiger partial charge on any atom is -0.507 e. The molecule has 2 aromatic carbocycles. The highest BCUT2D eigenvalue weighted by Crippen LogP contribution is 2.37. The Balaban J connectivity index is 1.49. The van der Waals surface area contributed by atoms with Crippen LogP contribution in [-0.4, -0.2) is 58.8 Å². The van der Waals surface area contributed by atoms with Crippen molar-refractivity contribution in [2.75, 3.05) is 32.8 Å². The smallest absolute Gasteiger partial charge is 0.258 e. The Kier molecular flexibility index (Phi) is 5.94. The second kappa shape index (κ2) is 8.61. The van der Waals surface area contributed by atoms with Crippen molar-refractivity contribution in [2.45, 2.75) is 25.4 Å². The van der Waals surface area contributed by atoms with Crippen LogP contribution in [0.1, 0.15) is 40.4 Å². The van der Waals surface area contributed by atoms with Crippen LogP contribution < -0.4 is 0 Å². The normalized spacial score (nSPS) is 20.2.